The smallest absolute Gasteiger partial charge is 0.137 e. The van der Waals surface area contributed by atoms with Crippen molar-refractivity contribution in [2.45, 2.75) is 20.3 Å². The Morgan fingerprint density at radius 1 is 1.70 bits per heavy atom. The Labute approximate surface area is 62.1 Å². The molecule has 0 spiro atoms. The number of terminal acetylenes is 1. The number of hydrogen-bond donors (Lipinski definition) is 0. The molecular formula is C9H12O. The van der Waals surface area contributed by atoms with Gasteiger partial charge in [0, 0.05) is 12.3 Å². The number of ketones is 1. The third-order valence-corrected chi connectivity index (χ3v) is 1.41. The van der Waals surface area contributed by atoms with Crippen molar-refractivity contribution < 1.29 is 4.79 Å². The first kappa shape index (κ1) is 8.97. The molecule has 0 fully saturated rings. The molecule has 10 heavy (non-hydrogen) atoms. The number of hydrogen-bond acceptors (Lipinski definition) is 1. The summed E-state index contributed by atoms with van der Waals surface area (Å²) in [6, 6.07) is 0. The lowest BCUT2D eigenvalue weighted by atomic mass is 9.95. The van der Waals surface area contributed by atoms with E-state index < -0.39 is 0 Å². The van der Waals surface area contributed by atoms with Gasteiger partial charge in [0.1, 0.15) is 5.78 Å². The van der Waals surface area contributed by atoms with E-state index in [-0.39, 0.29) is 11.7 Å². The van der Waals surface area contributed by atoms with Crippen LogP contribution < -0.4 is 0 Å². The highest BCUT2D eigenvalue weighted by molar-refractivity contribution is 5.81. The van der Waals surface area contributed by atoms with Crippen LogP contribution in [-0.4, -0.2) is 5.78 Å². The van der Waals surface area contributed by atoms with Gasteiger partial charge < -0.3 is 0 Å². The summed E-state index contributed by atoms with van der Waals surface area (Å²) >= 11 is 0. The van der Waals surface area contributed by atoms with E-state index in [1.807, 2.05) is 6.92 Å². The largest absolute Gasteiger partial charge is 0.299 e. The highest BCUT2D eigenvalue weighted by atomic mass is 16.1. The van der Waals surface area contributed by atoms with Crippen molar-refractivity contribution in [3.8, 4) is 12.3 Å². The lowest BCUT2D eigenvalue weighted by molar-refractivity contribution is -0.119. The predicted octanol–water partition coefficient (Wildman–Crippen LogP) is 1.79. The number of allylic oxidation sites excluding steroid dienone is 1. The molecule has 0 bridgehead atoms. The summed E-state index contributed by atoms with van der Waals surface area (Å²) in [6.07, 6.45) is 5.54. The van der Waals surface area contributed by atoms with Crippen LogP contribution in [0.25, 0.3) is 0 Å². The molecule has 0 saturated carbocycles. The van der Waals surface area contributed by atoms with E-state index in [0.29, 0.717) is 6.42 Å². The van der Waals surface area contributed by atoms with Crippen LogP contribution in [0, 0.1) is 18.3 Å². The molecule has 1 atom stereocenters. The zero-order chi connectivity index (χ0) is 8.15. The van der Waals surface area contributed by atoms with Gasteiger partial charge in [-0.1, -0.05) is 12.2 Å². The van der Waals surface area contributed by atoms with Gasteiger partial charge >= 0.3 is 0 Å². The van der Waals surface area contributed by atoms with Gasteiger partial charge in [0.15, 0.2) is 0 Å². The van der Waals surface area contributed by atoms with Crippen molar-refractivity contribution in [2.24, 2.45) is 5.92 Å². The molecule has 0 aromatic heterocycles. The Bertz CT molecular complexity index is 169. The molecule has 0 rings (SSSR count). The van der Waals surface area contributed by atoms with Gasteiger partial charge in [-0.2, -0.15) is 0 Å². The molecule has 0 amide bonds. The number of rotatable bonds is 3. The maximum absolute atomic E-state index is 10.8. The lowest BCUT2D eigenvalue weighted by Gasteiger charge is -2.08. The average Bonchev–Trinajstić information content (AvgIpc) is 1.81. The molecule has 0 saturated heterocycles. The Hall–Kier alpha value is -1.03. The molecule has 0 radical (unpaired) electrons. The van der Waals surface area contributed by atoms with Crippen LogP contribution in [-0.2, 0) is 4.79 Å². The van der Waals surface area contributed by atoms with Crippen LogP contribution >= 0.6 is 0 Å². The van der Waals surface area contributed by atoms with Gasteiger partial charge in [-0.15, -0.1) is 12.3 Å². The van der Waals surface area contributed by atoms with E-state index in [4.69, 9.17) is 6.42 Å². The molecule has 0 N–H and O–H groups in total. The molecule has 54 valence electrons. The SMILES string of the molecule is C#CCC(C(=C)C)C(C)=O. The molecular weight excluding hydrogens is 124 g/mol. The normalized spacial score (nSPS) is 11.7. The third-order valence-electron chi connectivity index (χ3n) is 1.41. The zero-order valence-electron chi connectivity index (χ0n) is 6.48. The first-order valence-electron chi connectivity index (χ1n) is 3.19. The van der Waals surface area contributed by atoms with Crippen molar-refractivity contribution in [1.82, 2.24) is 0 Å². The number of carbonyl (C=O) groups is 1. The third kappa shape index (κ3) is 2.50. The Morgan fingerprint density at radius 3 is 2.30 bits per heavy atom. The van der Waals surface area contributed by atoms with Crippen molar-refractivity contribution in [1.29, 1.82) is 0 Å². The monoisotopic (exact) mass is 136 g/mol. The number of Topliss-reactive ketones (excluding diaryl/α,β-unsaturated/α-hetero) is 1. The second-order valence-corrected chi connectivity index (χ2v) is 2.42. The second kappa shape index (κ2) is 3.90. The van der Waals surface area contributed by atoms with Crippen LogP contribution in [0.3, 0.4) is 0 Å². The van der Waals surface area contributed by atoms with Crippen molar-refractivity contribution in [3.63, 3.8) is 0 Å². The van der Waals surface area contributed by atoms with E-state index >= 15 is 0 Å². The lowest BCUT2D eigenvalue weighted by Crippen LogP contribution is -2.10. The van der Waals surface area contributed by atoms with Crippen molar-refractivity contribution in [2.75, 3.05) is 0 Å². The summed E-state index contributed by atoms with van der Waals surface area (Å²) in [5.41, 5.74) is 0.852. The van der Waals surface area contributed by atoms with Crippen LogP contribution in [0.2, 0.25) is 0 Å². The Balaban J connectivity index is 4.15. The van der Waals surface area contributed by atoms with E-state index in [1.165, 1.54) is 6.92 Å². The van der Waals surface area contributed by atoms with E-state index in [0.717, 1.165) is 5.57 Å². The van der Waals surface area contributed by atoms with Crippen LogP contribution in [0.1, 0.15) is 20.3 Å². The Morgan fingerprint density at radius 2 is 2.20 bits per heavy atom. The van der Waals surface area contributed by atoms with Gasteiger partial charge in [-0.05, 0) is 13.8 Å². The second-order valence-electron chi connectivity index (χ2n) is 2.42. The van der Waals surface area contributed by atoms with Gasteiger partial charge in [0.05, 0.1) is 0 Å². The fourth-order valence-corrected chi connectivity index (χ4v) is 0.783. The maximum atomic E-state index is 10.8. The van der Waals surface area contributed by atoms with Gasteiger partial charge in [-0.3, -0.25) is 4.79 Å². The molecule has 0 aromatic carbocycles. The van der Waals surface area contributed by atoms with Gasteiger partial charge in [0.2, 0.25) is 0 Å². The fraction of sp³-hybridized carbons (Fsp3) is 0.444. The van der Waals surface area contributed by atoms with Crippen LogP contribution in [0.5, 0.6) is 0 Å². The van der Waals surface area contributed by atoms with Gasteiger partial charge in [0.25, 0.3) is 0 Å². The van der Waals surface area contributed by atoms with Gasteiger partial charge in [-0.25, -0.2) is 0 Å². The first-order chi connectivity index (χ1) is 4.59. The topological polar surface area (TPSA) is 17.1 Å². The molecule has 0 aromatic rings. The molecule has 0 aliphatic carbocycles. The first-order valence-corrected chi connectivity index (χ1v) is 3.19. The molecule has 1 unspecified atom stereocenters. The summed E-state index contributed by atoms with van der Waals surface area (Å²) in [5.74, 6) is 2.42. The fourth-order valence-electron chi connectivity index (χ4n) is 0.783. The standard InChI is InChI=1S/C9H12O/c1-5-6-9(7(2)3)8(4)10/h1,9H,2,6H2,3-4H3. The highest BCUT2D eigenvalue weighted by Gasteiger charge is 2.12. The summed E-state index contributed by atoms with van der Waals surface area (Å²) < 4.78 is 0. The minimum atomic E-state index is -0.134. The summed E-state index contributed by atoms with van der Waals surface area (Å²) in [4.78, 5) is 10.8. The zero-order valence-corrected chi connectivity index (χ0v) is 6.48. The molecule has 0 heterocycles. The van der Waals surface area contributed by atoms with Crippen LogP contribution in [0.4, 0.5) is 0 Å². The molecule has 0 aliphatic rings. The highest BCUT2D eigenvalue weighted by Crippen LogP contribution is 2.12. The predicted molar refractivity (Wildman–Crippen MR) is 42.4 cm³/mol. The van der Waals surface area contributed by atoms with Crippen molar-refractivity contribution in [3.05, 3.63) is 12.2 Å². The quantitative estimate of drug-likeness (QED) is 0.427. The summed E-state index contributed by atoms with van der Waals surface area (Å²) in [7, 11) is 0. The minimum absolute atomic E-state index is 0.102. The molecule has 1 heteroatoms. The Kier molecular flexibility index (Phi) is 3.49. The summed E-state index contributed by atoms with van der Waals surface area (Å²) in [6.45, 7) is 7.04. The number of carbonyl (C=O) groups excluding carboxylic acids is 1. The average molecular weight is 136 g/mol. The minimum Gasteiger partial charge on any atom is -0.299 e. The van der Waals surface area contributed by atoms with E-state index in [1.54, 1.807) is 0 Å². The van der Waals surface area contributed by atoms with Crippen LogP contribution in [0.15, 0.2) is 12.2 Å². The maximum Gasteiger partial charge on any atom is 0.137 e. The molecule has 0 aliphatic heterocycles. The van der Waals surface area contributed by atoms with E-state index in [9.17, 15) is 4.79 Å². The molecule has 1 nitrogen and oxygen atoms in total. The summed E-state index contributed by atoms with van der Waals surface area (Å²) in [5, 5.41) is 0. The van der Waals surface area contributed by atoms with Crippen molar-refractivity contribution >= 4 is 5.78 Å². The van der Waals surface area contributed by atoms with E-state index in [2.05, 4.69) is 12.5 Å².